The minimum atomic E-state index is -0.411. The molecule has 0 atom stereocenters. The van der Waals surface area contributed by atoms with Gasteiger partial charge in [-0.2, -0.15) is 0 Å². The summed E-state index contributed by atoms with van der Waals surface area (Å²) in [6, 6.07) is 92.7. The largest absolute Gasteiger partial charge is 0.455 e. The zero-order valence-electron chi connectivity index (χ0n) is 39.4. The van der Waals surface area contributed by atoms with E-state index in [0.29, 0.717) is 0 Å². The van der Waals surface area contributed by atoms with E-state index < -0.39 is 5.41 Å². The summed E-state index contributed by atoms with van der Waals surface area (Å²) >= 11 is 0. The first-order chi connectivity index (χ1) is 36.2. The van der Waals surface area contributed by atoms with Crippen LogP contribution in [0, 0.1) is 0 Å². The van der Waals surface area contributed by atoms with Gasteiger partial charge in [0, 0.05) is 39.1 Å². The number of furan rings is 1. The number of hydrogen-bond acceptors (Lipinski definition) is 3. The minimum absolute atomic E-state index is 0.411. The van der Waals surface area contributed by atoms with Crippen molar-refractivity contribution in [3.05, 3.63) is 277 Å². The second-order valence-electron chi connectivity index (χ2n) is 19.4. The molecule has 0 bridgehead atoms. The van der Waals surface area contributed by atoms with Gasteiger partial charge in [0.15, 0.2) is 0 Å². The first-order valence-electron chi connectivity index (χ1n) is 25.0. The summed E-state index contributed by atoms with van der Waals surface area (Å²) in [5, 5.41) is 2.25. The van der Waals surface area contributed by atoms with Crippen LogP contribution in [0.4, 0.5) is 17.1 Å². The second-order valence-corrected chi connectivity index (χ2v) is 19.4. The van der Waals surface area contributed by atoms with E-state index in [4.69, 9.17) is 9.40 Å². The van der Waals surface area contributed by atoms with Crippen LogP contribution in [-0.2, 0) is 5.41 Å². The third kappa shape index (κ3) is 5.59. The van der Waals surface area contributed by atoms with Gasteiger partial charge in [-0.3, -0.25) is 8.97 Å². The molecule has 0 fully saturated rings. The molecular formula is C68H42N4O. The van der Waals surface area contributed by atoms with Crippen molar-refractivity contribution >= 4 is 66.8 Å². The quantitative estimate of drug-likeness (QED) is 0.167. The van der Waals surface area contributed by atoms with E-state index in [0.717, 1.165) is 94.8 Å². The molecule has 73 heavy (non-hydrogen) atoms. The number of para-hydroxylation sites is 6. The maximum absolute atomic E-state index is 6.51. The van der Waals surface area contributed by atoms with E-state index in [2.05, 4.69) is 257 Å². The van der Waals surface area contributed by atoms with Crippen LogP contribution in [-0.4, -0.2) is 14.0 Å². The van der Waals surface area contributed by atoms with Crippen molar-refractivity contribution in [3.8, 4) is 50.2 Å². The topological polar surface area (TPSA) is 38.6 Å². The Morgan fingerprint density at radius 3 is 1.58 bits per heavy atom. The highest BCUT2D eigenvalue weighted by Crippen LogP contribution is 2.63. The maximum Gasteiger partial charge on any atom is 0.220 e. The number of hydrogen-bond donors (Lipinski definition) is 0. The molecule has 3 heterocycles. The lowest BCUT2D eigenvalue weighted by molar-refractivity contribution is 0.670. The lowest BCUT2D eigenvalue weighted by atomic mass is 9.70. The van der Waals surface area contributed by atoms with Crippen LogP contribution in [0.2, 0.25) is 0 Å². The number of anilines is 3. The fourth-order valence-corrected chi connectivity index (χ4v) is 12.6. The van der Waals surface area contributed by atoms with Crippen LogP contribution in [0.1, 0.15) is 22.3 Å². The van der Waals surface area contributed by atoms with E-state index in [-0.39, 0.29) is 0 Å². The van der Waals surface area contributed by atoms with Crippen LogP contribution in [0.5, 0.6) is 0 Å². The van der Waals surface area contributed by atoms with Gasteiger partial charge < -0.3 is 9.32 Å². The Hall–Kier alpha value is -9.71. The summed E-state index contributed by atoms with van der Waals surface area (Å²) in [4.78, 5) is 7.51. The molecule has 2 aliphatic rings. The highest BCUT2D eigenvalue weighted by atomic mass is 16.3. The predicted molar refractivity (Wildman–Crippen MR) is 299 cm³/mol. The highest BCUT2D eigenvalue weighted by molar-refractivity contribution is 6.09. The summed E-state index contributed by atoms with van der Waals surface area (Å²) in [5.74, 6) is 0.905. The molecule has 11 aromatic carbocycles. The second kappa shape index (κ2) is 15.1. The Kier molecular flexibility index (Phi) is 8.31. The molecule has 0 amide bonds. The SMILES string of the molecule is c1ccc2c(c1)-c1ccccc1C21c2ccccc2-c2cc(N(c3ccc(-c4ccc(-n5c6ccccc6n6c7ccccc7nc56)cc4)cc3)c3ccc(-c4cccc5c4oc4ccccc45)cc3)ccc21. The van der Waals surface area contributed by atoms with Crippen molar-refractivity contribution in [2.45, 2.75) is 5.41 Å². The monoisotopic (exact) mass is 930 g/mol. The van der Waals surface area contributed by atoms with Crippen LogP contribution < -0.4 is 4.90 Å². The standard InChI is InChI=1S/C68H42N4O/c1-5-20-57-51(14-1)52-15-2-6-21-58(52)68(57)59-22-7-3-16-53(59)56-42-49(40-41-60(56)68)70(47-38-32-45(33-39-47)50-18-13-19-55-54-17-4-12-27-65(54)73-66(50)55)46-34-28-43(29-35-46)44-30-36-48(37-31-44)71-63-25-10-11-26-64(63)72-62-24-9-8-23-61(62)69-67(71)72/h1-42H. The van der Waals surface area contributed by atoms with Crippen molar-refractivity contribution in [3.63, 3.8) is 0 Å². The Bertz CT molecular complexity index is 4510. The molecule has 3 aromatic heterocycles. The number of rotatable bonds is 6. The summed E-state index contributed by atoms with van der Waals surface area (Å²) < 4.78 is 11.0. The van der Waals surface area contributed by atoms with Crippen molar-refractivity contribution in [2.75, 3.05) is 4.90 Å². The van der Waals surface area contributed by atoms with Gasteiger partial charge >= 0.3 is 0 Å². The van der Waals surface area contributed by atoms with Gasteiger partial charge in [0.05, 0.1) is 27.5 Å². The molecule has 0 saturated carbocycles. The number of imidazole rings is 2. The molecular weight excluding hydrogens is 889 g/mol. The molecule has 2 aliphatic carbocycles. The molecule has 5 nitrogen and oxygen atoms in total. The van der Waals surface area contributed by atoms with E-state index >= 15 is 0 Å². The lowest BCUT2D eigenvalue weighted by Crippen LogP contribution is -2.25. The van der Waals surface area contributed by atoms with Crippen LogP contribution in [0.25, 0.3) is 100.0 Å². The number of fused-ring (bicyclic) bond motifs is 18. The minimum Gasteiger partial charge on any atom is -0.455 e. The first kappa shape index (κ1) is 40.1. The molecule has 0 unspecified atom stereocenters. The average Bonchev–Trinajstić information content (AvgIpc) is 4.27. The maximum atomic E-state index is 6.51. The zero-order chi connectivity index (χ0) is 47.8. The third-order valence-corrected chi connectivity index (χ3v) is 15.8. The molecule has 0 aliphatic heterocycles. The molecule has 14 aromatic rings. The van der Waals surface area contributed by atoms with Crippen LogP contribution >= 0.6 is 0 Å². The molecule has 1 spiro atoms. The van der Waals surface area contributed by atoms with E-state index in [9.17, 15) is 0 Å². The van der Waals surface area contributed by atoms with Crippen molar-refractivity contribution in [2.24, 2.45) is 0 Å². The predicted octanol–water partition coefficient (Wildman–Crippen LogP) is 17.5. The van der Waals surface area contributed by atoms with Gasteiger partial charge in [-0.15, -0.1) is 0 Å². The van der Waals surface area contributed by atoms with Gasteiger partial charge in [0.25, 0.3) is 0 Å². The Balaban J connectivity index is 0.819. The number of benzene rings is 11. The Morgan fingerprint density at radius 2 is 0.877 bits per heavy atom. The fourth-order valence-electron chi connectivity index (χ4n) is 12.6. The first-order valence-corrected chi connectivity index (χ1v) is 25.0. The Labute approximate surface area is 420 Å². The van der Waals surface area contributed by atoms with Crippen molar-refractivity contribution in [1.82, 2.24) is 14.0 Å². The Morgan fingerprint density at radius 1 is 0.370 bits per heavy atom. The van der Waals surface area contributed by atoms with E-state index in [1.165, 1.54) is 44.5 Å². The lowest BCUT2D eigenvalue weighted by Gasteiger charge is -2.31. The average molecular weight is 931 g/mol. The number of nitrogens with zero attached hydrogens (tertiary/aromatic N) is 4. The van der Waals surface area contributed by atoms with Gasteiger partial charge in [-0.1, -0.05) is 176 Å². The van der Waals surface area contributed by atoms with E-state index in [1.807, 2.05) is 12.1 Å². The fraction of sp³-hybridized carbons (Fsp3) is 0.0147. The van der Waals surface area contributed by atoms with Crippen LogP contribution in [0.3, 0.4) is 0 Å². The van der Waals surface area contributed by atoms with E-state index in [1.54, 1.807) is 0 Å². The molecule has 0 N–H and O–H groups in total. The van der Waals surface area contributed by atoms with Crippen molar-refractivity contribution in [1.29, 1.82) is 0 Å². The highest BCUT2D eigenvalue weighted by Gasteiger charge is 2.51. The molecule has 5 heteroatoms. The smallest absolute Gasteiger partial charge is 0.220 e. The molecule has 340 valence electrons. The zero-order valence-corrected chi connectivity index (χ0v) is 39.4. The summed E-state index contributed by atoms with van der Waals surface area (Å²) in [6.07, 6.45) is 0. The van der Waals surface area contributed by atoms with Crippen molar-refractivity contribution < 1.29 is 4.42 Å². The van der Waals surface area contributed by atoms with Gasteiger partial charge in [-0.25, -0.2) is 4.98 Å². The normalized spacial score (nSPS) is 13.0. The molecule has 0 saturated heterocycles. The van der Waals surface area contributed by atoms with Gasteiger partial charge in [0.2, 0.25) is 5.78 Å². The summed E-state index contributed by atoms with van der Waals surface area (Å²) in [5.41, 5.74) is 25.0. The molecule has 16 rings (SSSR count). The van der Waals surface area contributed by atoms with Crippen LogP contribution in [0.15, 0.2) is 259 Å². The van der Waals surface area contributed by atoms with Gasteiger partial charge in [-0.05, 0) is 140 Å². The third-order valence-electron chi connectivity index (χ3n) is 15.8. The molecule has 0 radical (unpaired) electrons. The summed E-state index contributed by atoms with van der Waals surface area (Å²) in [6.45, 7) is 0. The number of aromatic nitrogens is 3. The van der Waals surface area contributed by atoms with Gasteiger partial charge in [0.1, 0.15) is 11.2 Å². The summed E-state index contributed by atoms with van der Waals surface area (Å²) in [7, 11) is 0.